The van der Waals surface area contributed by atoms with Crippen LogP contribution >= 0.6 is 0 Å². The molecule has 0 radical (unpaired) electrons. The Morgan fingerprint density at radius 3 is 2.58 bits per heavy atom. The Labute approximate surface area is 66.1 Å². The normalized spacial score (nSPS) is 10.4. The maximum absolute atomic E-state index is 5.35. The molecule has 0 saturated heterocycles. The molecular weight excluding hydrogens is 162 g/mol. The van der Waals surface area contributed by atoms with Crippen molar-refractivity contribution in [2.75, 3.05) is 5.84 Å². The van der Waals surface area contributed by atoms with E-state index in [0.29, 0.717) is 5.82 Å². The molecule has 9 heteroatoms. The molecule has 0 aliphatic carbocycles. The molecule has 12 heavy (non-hydrogen) atoms. The Morgan fingerprint density at radius 1 is 1.25 bits per heavy atom. The van der Waals surface area contributed by atoms with Crippen molar-refractivity contribution in [2.45, 2.75) is 0 Å². The van der Waals surface area contributed by atoms with Crippen LogP contribution in [0.25, 0.3) is 11.6 Å². The minimum absolute atomic E-state index is 0.281. The average Bonchev–Trinajstić information content (AvgIpc) is 2.58. The molecule has 0 aromatic carbocycles. The van der Waals surface area contributed by atoms with Crippen LogP contribution < -0.4 is 5.84 Å². The molecule has 2 aromatic rings. The van der Waals surface area contributed by atoms with Gasteiger partial charge in [-0.1, -0.05) is 0 Å². The molecule has 0 unspecified atom stereocenters. The van der Waals surface area contributed by atoms with Gasteiger partial charge in [0.1, 0.15) is 0 Å². The summed E-state index contributed by atoms with van der Waals surface area (Å²) in [6.07, 6.45) is 0. The highest BCUT2D eigenvalue weighted by Crippen LogP contribution is 2.03. The second-order valence-electron chi connectivity index (χ2n) is 2.05. The Bertz CT molecular complexity index is 384. The molecule has 0 atom stereocenters. The molecule has 2 N–H and O–H groups in total. The van der Waals surface area contributed by atoms with E-state index >= 15 is 0 Å². The van der Waals surface area contributed by atoms with Crippen LogP contribution in [0.1, 0.15) is 0 Å². The van der Waals surface area contributed by atoms with Gasteiger partial charge < -0.3 is 5.84 Å². The molecule has 2 aromatic heterocycles. The highest BCUT2D eigenvalue weighted by Gasteiger charge is 2.11. The first-order valence-electron chi connectivity index (χ1n) is 3.05. The zero-order chi connectivity index (χ0) is 8.55. The third kappa shape index (κ3) is 0.872. The molecule has 0 bridgehead atoms. The predicted molar refractivity (Wildman–Crippen MR) is 35.8 cm³/mol. The van der Waals surface area contributed by atoms with Crippen molar-refractivity contribution in [3.8, 4) is 11.6 Å². The monoisotopic (exact) mass is 167 g/mol. The van der Waals surface area contributed by atoms with Crippen molar-refractivity contribution >= 4 is 0 Å². The molecule has 2 rings (SSSR count). The van der Waals surface area contributed by atoms with Gasteiger partial charge in [-0.05, 0) is 15.6 Å². The van der Waals surface area contributed by atoms with Crippen molar-refractivity contribution in [3.05, 3.63) is 0 Å². The maximum atomic E-state index is 5.35. The number of aromatic nitrogens is 8. The fourth-order valence-corrected chi connectivity index (χ4v) is 0.714. The molecule has 9 nitrogen and oxygen atoms in total. The summed E-state index contributed by atoms with van der Waals surface area (Å²) in [6, 6.07) is 0. The Balaban J connectivity index is 2.50. The third-order valence-corrected chi connectivity index (χ3v) is 1.20. The molecule has 62 valence electrons. The van der Waals surface area contributed by atoms with Gasteiger partial charge in [0.05, 0.1) is 7.05 Å². The largest absolute Gasteiger partial charge is 0.320 e. The number of hydrogen-bond acceptors (Lipinski definition) is 7. The first kappa shape index (κ1) is 6.64. The van der Waals surface area contributed by atoms with Crippen molar-refractivity contribution in [3.63, 3.8) is 0 Å². The number of nitrogens with zero attached hydrogens (tertiary/aromatic N) is 8. The van der Waals surface area contributed by atoms with E-state index in [1.807, 2.05) is 0 Å². The molecule has 0 fully saturated rings. The lowest BCUT2D eigenvalue weighted by molar-refractivity contribution is 0.630. The van der Waals surface area contributed by atoms with Crippen LogP contribution in [-0.2, 0) is 7.05 Å². The summed E-state index contributed by atoms with van der Waals surface area (Å²) in [5, 5.41) is 21.5. The average molecular weight is 167 g/mol. The first-order chi connectivity index (χ1) is 5.77. The van der Waals surface area contributed by atoms with Gasteiger partial charge in [0.15, 0.2) is 0 Å². The molecule has 0 saturated carbocycles. The van der Waals surface area contributed by atoms with Gasteiger partial charge in [-0.3, -0.25) is 0 Å². The Kier molecular flexibility index (Phi) is 1.23. The summed E-state index contributed by atoms with van der Waals surface area (Å²) < 4.78 is 0. The van der Waals surface area contributed by atoms with Crippen molar-refractivity contribution < 1.29 is 0 Å². The molecule has 0 spiro atoms. The minimum Gasteiger partial charge on any atom is -0.320 e. The fourth-order valence-electron chi connectivity index (χ4n) is 0.714. The van der Waals surface area contributed by atoms with E-state index in [-0.39, 0.29) is 5.82 Å². The number of nitrogen functional groups attached to an aromatic ring is 1. The third-order valence-electron chi connectivity index (χ3n) is 1.20. The van der Waals surface area contributed by atoms with Gasteiger partial charge in [0.2, 0.25) is 11.6 Å². The summed E-state index contributed by atoms with van der Waals surface area (Å²) in [5.41, 5.74) is 0. The van der Waals surface area contributed by atoms with Gasteiger partial charge in [-0.15, -0.1) is 20.1 Å². The van der Waals surface area contributed by atoms with Crippen molar-refractivity contribution in [1.82, 2.24) is 40.5 Å². The smallest absolute Gasteiger partial charge is 0.245 e. The SMILES string of the molecule is Cn1nnc(-c2nnnn2N)n1. The number of hydrogen-bond donors (Lipinski definition) is 1. The van der Waals surface area contributed by atoms with Crippen LogP contribution in [0.4, 0.5) is 0 Å². The van der Waals surface area contributed by atoms with Crippen molar-refractivity contribution in [2.24, 2.45) is 7.05 Å². The molecule has 0 aliphatic heterocycles. The van der Waals surface area contributed by atoms with Crippen LogP contribution in [0.3, 0.4) is 0 Å². The number of nitrogens with two attached hydrogens (primary N) is 1. The van der Waals surface area contributed by atoms with Crippen molar-refractivity contribution in [1.29, 1.82) is 0 Å². The van der Waals surface area contributed by atoms with E-state index in [1.165, 1.54) is 4.80 Å². The molecular formula is C3H5N9. The van der Waals surface area contributed by atoms with Crippen LogP contribution in [0.15, 0.2) is 0 Å². The summed E-state index contributed by atoms with van der Waals surface area (Å²) in [4.78, 5) is 2.28. The van der Waals surface area contributed by atoms with E-state index in [9.17, 15) is 0 Å². The highest BCUT2D eigenvalue weighted by molar-refractivity contribution is 5.39. The van der Waals surface area contributed by atoms with E-state index in [0.717, 1.165) is 4.79 Å². The van der Waals surface area contributed by atoms with Gasteiger partial charge >= 0.3 is 0 Å². The van der Waals surface area contributed by atoms with E-state index in [4.69, 9.17) is 5.84 Å². The van der Waals surface area contributed by atoms with Crippen LogP contribution in [0, 0.1) is 0 Å². The van der Waals surface area contributed by atoms with Gasteiger partial charge in [0, 0.05) is 0 Å². The van der Waals surface area contributed by atoms with E-state index in [2.05, 4.69) is 30.9 Å². The summed E-state index contributed by atoms with van der Waals surface area (Å²) in [7, 11) is 1.64. The van der Waals surface area contributed by atoms with Gasteiger partial charge in [-0.25, -0.2) is 0 Å². The van der Waals surface area contributed by atoms with Crippen LogP contribution in [0.2, 0.25) is 0 Å². The lowest BCUT2D eigenvalue weighted by atomic mass is 10.6. The number of aryl methyl sites for hydroxylation is 1. The fraction of sp³-hybridized carbons (Fsp3) is 0.333. The summed E-state index contributed by atoms with van der Waals surface area (Å²) in [6.45, 7) is 0. The highest BCUT2D eigenvalue weighted by atomic mass is 15.7. The topological polar surface area (TPSA) is 113 Å². The summed E-state index contributed by atoms with van der Waals surface area (Å²) >= 11 is 0. The molecule has 0 amide bonds. The quantitative estimate of drug-likeness (QED) is 0.470. The van der Waals surface area contributed by atoms with Gasteiger partial charge in [0.25, 0.3) is 0 Å². The Morgan fingerprint density at radius 2 is 2.08 bits per heavy atom. The number of tetrazole rings is 2. The number of rotatable bonds is 1. The second kappa shape index (κ2) is 2.22. The zero-order valence-electron chi connectivity index (χ0n) is 6.16. The predicted octanol–water partition coefficient (Wildman–Crippen LogP) is -2.42. The molecule has 0 aliphatic rings. The Hall–Kier alpha value is -2.06. The van der Waals surface area contributed by atoms with E-state index < -0.39 is 0 Å². The second-order valence-corrected chi connectivity index (χ2v) is 2.05. The molecule has 2 heterocycles. The lowest BCUT2D eigenvalue weighted by Crippen LogP contribution is -2.12. The minimum atomic E-state index is 0.281. The van der Waals surface area contributed by atoms with Gasteiger partial charge in [-0.2, -0.15) is 4.80 Å². The summed E-state index contributed by atoms with van der Waals surface area (Å²) in [5.74, 6) is 5.92. The maximum Gasteiger partial charge on any atom is 0.245 e. The van der Waals surface area contributed by atoms with E-state index in [1.54, 1.807) is 7.05 Å². The zero-order valence-corrected chi connectivity index (χ0v) is 6.16. The van der Waals surface area contributed by atoms with Crippen LogP contribution in [-0.4, -0.2) is 40.5 Å². The first-order valence-corrected chi connectivity index (χ1v) is 3.05. The lowest BCUT2D eigenvalue weighted by Gasteiger charge is -1.88. The van der Waals surface area contributed by atoms with Crippen LogP contribution in [0.5, 0.6) is 0 Å². The standard InChI is InChI=1S/C3H5N9/c1-11-7-2(5-9-11)3-6-8-10-12(3)4/h4H2,1H3.